The highest BCUT2D eigenvalue weighted by atomic mass is 16.6. The quantitative estimate of drug-likeness (QED) is 0.427. The van der Waals surface area contributed by atoms with Crippen LogP contribution in [0.25, 0.3) is 0 Å². The van der Waals surface area contributed by atoms with Crippen molar-refractivity contribution >= 4 is 0 Å². The molecule has 0 radical (unpaired) electrons. The summed E-state index contributed by atoms with van der Waals surface area (Å²) in [6.45, 7) is 0. The highest BCUT2D eigenvalue weighted by molar-refractivity contribution is 5.03. The molecule has 2 unspecified atom stereocenters. The molecular weight excluding hydrogens is 214 g/mol. The number of rotatable bonds is 2. The van der Waals surface area contributed by atoms with E-state index in [9.17, 15) is 10.2 Å². The zero-order valence-corrected chi connectivity index (χ0v) is 8.34. The zero-order valence-electron chi connectivity index (χ0n) is 8.34. The van der Waals surface area contributed by atoms with Gasteiger partial charge >= 0.3 is 0 Å². The molecule has 2 heterocycles. The molecule has 1 aromatic rings. The third-order valence-electron chi connectivity index (χ3n) is 2.48. The lowest BCUT2D eigenvalue weighted by molar-refractivity contribution is -0.0649. The topological polar surface area (TPSA) is 122 Å². The number of ether oxygens (including phenoxy) is 1. The van der Waals surface area contributed by atoms with Crippen LogP contribution < -0.4 is 5.73 Å². The second-order valence-corrected chi connectivity index (χ2v) is 3.60. The van der Waals surface area contributed by atoms with Crippen molar-refractivity contribution in [1.29, 1.82) is 0 Å². The van der Waals surface area contributed by atoms with E-state index in [1.165, 1.54) is 12.4 Å². The Kier molecular flexibility index (Phi) is 3.13. The molecule has 0 amide bonds. The van der Waals surface area contributed by atoms with E-state index < -0.39 is 30.6 Å². The van der Waals surface area contributed by atoms with E-state index in [4.69, 9.17) is 15.6 Å². The fraction of sp³-hybridized carbons (Fsp3) is 0.556. The van der Waals surface area contributed by atoms with Gasteiger partial charge in [-0.15, -0.1) is 0 Å². The highest BCUT2D eigenvalue weighted by Gasteiger charge is 2.46. The first-order chi connectivity index (χ1) is 7.61. The Hall–Kier alpha value is -1.12. The fourth-order valence-electron chi connectivity index (χ4n) is 1.66. The van der Waals surface area contributed by atoms with Gasteiger partial charge in [0.15, 0.2) is 5.82 Å². The molecule has 5 atom stereocenters. The standard InChI is InChI=1S/C9H13N3O4/c10-8(15)6-4(13)5(14)7(16-6)9-11-2-1-3-12-9/h1-8,13-15H,10H2/t4-,5+,6-,7?,8?/m0/s1. The van der Waals surface area contributed by atoms with Crippen LogP contribution in [0.15, 0.2) is 18.5 Å². The van der Waals surface area contributed by atoms with E-state index in [0.717, 1.165) is 0 Å². The van der Waals surface area contributed by atoms with Crippen molar-refractivity contribution in [1.82, 2.24) is 9.97 Å². The van der Waals surface area contributed by atoms with Gasteiger partial charge in [0.1, 0.15) is 30.6 Å². The lowest BCUT2D eigenvalue weighted by Crippen LogP contribution is -2.43. The summed E-state index contributed by atoms with van der Waals surface area (Å²) in [4.78, 5) is 7.82. The van der Waals surface area contributed by atoms with Crippen LogP contribution in [0, 0.1) is 0 Å². The molecule has 0 aromatic carbocycles. The average molecular weight is 227 g/mol. The largest absolute Gasteiger partial charge is 0.387 e. The van der Waals surface area contributed by atoms with Crippen LogP contribution >= 0.6 is 0 Å². The summed E-state index contributed by atoms with van der Waals surface area (Å²) >= 11 is 0. The van der Waals surface area contributed by atoms with Gasteiger partial charge in [-0.1, -0.05) is 0 Å². The van der Waals surface area contributed by atoms with Crippen LogP contribution in [-0.4, -0.2) is 49.8 Å². The van der Waals surface area contributed by atoms with E-state index in [0.29, 0.717) is 0 Å². The average Bonchev–Trinajstić information content (AvgIpc) is 2.58. The van der Waals surface area contributed by atoms with Crippen LogP contribution in [-0.2, 0) is 4.74 Å². The van der Waals surface area contributed by atoms with Crippen molar-refractivity contribution in [3.8, 4) is 0 Å². The molecule has 1 fully saturated rings. The van der Waals surface area contributed by atoms with E-state index in [1.54, 1.807) is 6.07 Å². The van der Waals surface area contributed by atoms with E-state index in [-0.39, 0.29) is 5.82 Å². The molecule has 0 spiro atoms. The number of nitrogens with two attached hydrogens (primary N) is 1. The maximum atomic E-state index is 9.71. The summed E-state index contributed by atoms with van der Waals surface area (Å²) in [5, 5.41) is 28.4. The summed E-state index contributed by atoms with van der Waals surface area (Å²) in [5.41, 5.74) is 5.21. The number of nitrogens with zero attached hydrogens (tertiary/aromatic N) is 2. The van der Waals surface area contributed by atoms with Gasteiger partial charge in [-0.3, -0.25) is 0 Å². The van der Waals surface area contributed by atoms with Crippen molar-refractivity contribution in [2.45, 2.75) is 30.6 Å². The van der Waals surface area contributed by atoms with Crippen molar-refractivity contribution in [2.75, 3.05) is 0 Å². The van der Waals surface area contributed by atoms with Crippen molar-refractivity contribution in [3.63, 3.8) is 0 Å². The molecular formula is C9H13N3O4. The number of hydrogen-bond acceptors (Lipinski definition) is 7. The van der Waals surface area contributed by atoms with Crippen LogP contribution in [0.2, 0.25) is 0 Å². The van der Waals surface area contributed by atoms with Gasteiger partial charge in [-0.05, 0) is 6.07 Å². The van der Waals surface area contributed by atoms with Crippen molar-refractivity contribution in [2.24, 2.45) is 5.73 Å². The Morgan fingerprint density at radius 3 is 2.38 bits per heavy atom. The molecule has 0 aliphatic carbocycles. The molecule has 5 N–H and O–H groups in total. The van der Waals surface area contributed by atoms with E-state index in [2.05, 4.69) is 9.97 Å². The second-order valence-electron chi connectivity index (χ2n) is 3.60. The van der Waals surface area contributed by atoms with Crippen LogP contribution in [0.3, 0.4) is 0 Å². The molecule has 1 aliphatic rings. The molecule has 16 heavy (non-hydrogen) atoms. The summed E-state index contributed by atoms with van der Waals surface area (Å²) in [6, 6.07) is 1.62. The normalized spacial score (nSPS) is 36.2. The van der Waals surface area contributed by atoms with E-state index >= 15 is 0 Å². The predicted octanol–water partition coefficient (Wildman–Crippen LogP) is -2.08. The van der Waals surface area contributed by atoms with Gasteiger partial charge in [0.25, 0.3) is 0 Å². The Bertz CT molecular complexity index is 348. The highest BCUT2D eigenvalue weighted by Crippen LogP contribution is 2.32. The minimum atomic E-state index is -1.36. The number of aliphatic hydroxyl groups excluding tert-OH is 3. The Morgan fingerprint density at radius 2 is 1.88 bits per heavy atom. The Balaban J connectivity index is 2.20. The SMILES string of the molecule is NC(O)[C@H]1OC(c2ncccn2)[C@H](O)[C@@H]1O. The summed E-state index contributed by atoms with van der Waals surface area (Å²) < 4.78 is 5.23. The fourth-order valence-corrected chi connectivity index (χ4v) is 1.66. The summed E-state index contributed by atoms with van der Waals surface area (Å²) in [6.07, 6.45) is -2.74. The van der Waals surface area contributed by atoms with E-state index in [1.807, 2.05) is 0 Å². The molecule has 0 bridgehead atoms. The van der Waals surface area contributed by atoms with Gasteiger partial charge in [-0.25, -0.2) is 9.97 Å². The number of hydrogen-bond donors (Lipinski definition) is 4. The van der Waals surface area contributed by atoms with Crippen LogP contribution in [0.4, 0.5) is 0 Å². The maximum absolute atomic E-state index is 9.71. The smallest absolute Gasteiger partial charge is 0.159 e. The predicted molar refractivity (Wildman–Crippen MR) is 51.9 cm³/mol. The lowest BCUT2D eigenvalue weighted by atomic mass is 10.1. The third-order valence-corrected chi connectivity index (χ3v) is 2.48. The minimum Gasteiger partial charge on any atom is -0.387 e. The van der Waals surface area contributed by atoms with Gasteiger partial charge in [0.2, 0.25) is 0 Å². The van der Waals surface area contributed by atoms with Gasteiger partial charge in [-0.2, -0.15) is 0 Å². The first kappa shape index (κ1) is 11.4. The van der Waals surface area contributed by atoms with Crippen LogP contribution in [0.1, 0.15) is 11.9 Å². The third kappa shape index (κ3) is 1.91. The second kappa shape index (κ2) is 4.40. The molecule has 0 saturated carbocycles. The molecule has 1 aliphatic heterocycles. The lowest BCUT2D eigenvalue weighted by Gasteiger charge is -2.16. The number of aliphatic hydroxyl groups is 3. The first-order valence-electron chi connectivity index (χ1n) is 4.83. The molecule has 7 heteroatoms. The molecule has 1 saturated heterocycles. The van der Waals surface area contributed by atoms with Crippen LogP contribution in [0.5, 0.6) is 0 Å². The first-order valence-corrected chi connectivity index (χ1v) is 4.83. The molecule has 7 nitrogen and oxygen atoms in total. The summed E-state index contributed by atoms with van der Waals surface area (Å²) in [7, 11) is 0. The summed E-state index contributed by atoms with van der Waals surface area (Å²) in [5.74, 6) is 0.247. The van der Waals surface area contributed by atoms with Crippen molar-refractivity contribution in [3.05, 3.63) is 24.3 Å². The van der Waals surface area contributed by atoms with Gasteiger partial charge < -0.3 is 25.8 Å². The monoisotopic (exact) mass is 227 g/mol. The maximum Gasteiger partial charge on any atom is 0.159 e. The zero-order chi connectivity index (χ0) is 11.7. The molecule has 2 rings (SSSR count). The minimum absolute atomic E-state index is 0.247. The van der Waals surface area contributed by atoms with Gasteiger partial charge in [0, 0.05) is 12.4 Å². The molecule has 1 aromatic heterocycles. The Morgan fingerprint density at radius 1 is 1.25 bits per heavy atom. The molecule has 88 valence electrons. The number of aromatic nitrogens is 2. The van der Waals surface area contributed by atoms with Gasteiger partial charge in [0.05, 0.1) is 0 Å². The van der Waals surface area contributed by atoms with Crippen molar-refractivity contribution < 1.29 is 20.1 Å². The Labute approximate surface area is 91.5 Å².